The molecule has 0 unspecified atom stereocenters. The smallest absolute Gasteiger partial charge is 0.258 e. The molecule has 1 heterocycles. The quantitative estimate of drug-likeness (QED) is 0.397. The van der Waals surface area contributed by atoms with E-state index in [1.165, 1.54) is 0 Å². The van der Waals surface area contributed by atoms with Crippen LogP contribution in [0.3, 0.4) is 0 Å². The van der Waals surface area contributed by atoms with Gasteiger partial charge in [-0.05, 0) is 67.1 Å². The molecule has 0 fully saturated rings. The van der Waals surface area contributed by atoms with Crippen molar-refractivity contribution < 1.29 is 9.53 Å². The van der Waals surface area contributed by atoms with Gasteiger partial charge in [0.25, 0.3) is 5.91 Å². The maximum atomic E-state index is 13.5. The Kier molecular flexibility index (Phi) is 6.18. The van der Waals surface area contributed by atoms with Crippen LogP contribution in [-0.2, 0) is 6.54 Å². The van der Waals surface area contributed by atoms with Crippen LogP contribution in [0.2, 0.25) is 0 Å². The van der Waals surface area contributed by atoms with Gasteiger partial charge in [0.2, 0.25) is 5.56 Å². The first kappa shape index (κ1) is 20.9. The topological polar surface area (TPSA) is 62.4 Å². The molecule has 0 bridgehead atoms. The van der Waals surface area contributed by atoms with Crippen molar-refractivity contribution in [3.8, 4) is 5.75 Å². The number of fused-ring (bicyclic) bond motifs is 1. The number of hydrogen-bond donors (Lipinski definition) is 1. The summed E-state index contributed by atoms with van der Waals surface area (Å²) in [5.74, 6) is 0.588. The number of benzene rings is 3. The highest BCUT2D eigenvalue weighted by atomic mass is 79.9. The fourth-order valence-corrected chi connectivity index (χ4v) is 3.76. The van der Waals surface area contributed by atoms with Crippen molar-refractivity contribution in [2.45, 2.75) is 13.5 Å². The normalized spacial score (nSPS) is 10.8. The van der Waals surface area contributed by atoms with Gasteiger partial charge in [0.1, 0.15) is 5.75 Å². The number of nitrogens with zero attached hydrogens (tertiary/aromatic N) is 1. The van der Waals surface area contributed by atoms with E-state index in [0.29, 0.717) is 12.2 Å². The third-order valence-corrected chi connectivity index (χ3v) is 5.49. The molecule has 0 spiro atoms. The van der Waals surface area contributed by atoms with Crippen molar-refractivity contribution in [2.24, 2.45) is 0 Å². The number of carbonyl (C=O) groups is 1. The van der Waals surface area contributed by atoms with Crippen molar-refractivity contribution in [3.05, 3.63) is 105 Å². The Hall–Kier alpha value is -3.38. The lowest BCUT2D eigenvalue weighted by Crippen LogP contribution is -2.31. The molecule has 1 aromatic heterocycles. The molecule has 3 aromatic carbocycles. The molecular weight excluding hydrogens is 456 g/mol. The summed E-state index contributed by atoms with van der Waals surface area (Å²) in [4.78, 5) is 30.3. The van der Waals surface area contributed by atoms with Gasteiger partial charge in [-0.25, -0.2) is 0 Å². The Balaban J connectivity index is 1.78. The van der Waals surface area contributed by atoms with E-state index in [4.69, 9.17) is 4.74 Å². The van der Waals surface area contributed by atoms with Crippen LogP contribution in [0.5, 0.6) is 5.75 Å². The Labute approximate surface area is 188 Å². The average Bonchev–Trinajstić information content (AvgIpc) is 2.78. The molecule has 156 valence electrons. The van der Waals surface area contributed by atoms with E-state index < -0.39 is 0 Å². The predicted molar refractivity (Wildman–Crippen MR) is 127 cm³/mol. The Morgan fingerprint density at radius 2 is 1.71 bits per heavy atom. The third kappa shape index (κ3) is 4.70. The second-order valence-electron chi connectivity index (χ2n) is 7.03. The molecule has 0 atom stereocenters. The van der Waals surface area contributed by atoms with E-state index in [1.807, 2.05) is 67.6 Å². The zero-order valence-electron chi connectivity index (χ0n) is 17.0. The Morgan fingerprint density at radius 1 is 1.00 bits per heavy atom. The summed E-state index contributed by atoms with van der Waals surface area (Å²) in [6.45, 7) is 2.75. The first-order valence-electron chi connectivity index (χ1n) is 9.96. The summed E-state index contributed by atoms with van der Waals surface area (Å²) < 4.78 is 6.44. The molecule has 4 rings (SSSR count). The average molecular weight is 477 g/mol. The standard InChI is InChI=1S/C25H21BrN2O3/c1-2-31-21-13-11-20(12-14-21)28(25(30)17-7-9-19(26)10-8-17)16-18-15-24(29)27-23-6-4-3-5-22(18)23/h3-15H,2,16H2,1H3,(H,27,29). The number of nitrogens with one attached hydrogen (secondary N) is 1. The Bertz CT molecular complexity index is 1260. The van der Waals surface area contributed by atoms with E-state index in [0.717, 1.165) is 32.4 Å². The first-order valence-corrected chi connectivity index (χ1v) is 10.8. The SMILES string of the molecule is CCOc1ccc(N(Cc2cc(=O)[nH]c3ccccc23)C(=O)c2ccc(Br)cc2)cc1. The maximum absolute atomic E-state index is 13.5. The molecule has 1 N–H and O–H groups in total. The van der Waals surface area contributed by atoms with Crippen molar-refractivity contribution in [1.82, 2.24) is 4.98 Å². The molecule has 0 aliphatic rings. The van der Waals surface area contributed by atoms with E-state index in [1.54, 1.807) is 23.1 Å². The number of H-pyrrole nitrogens is 1. The molecule has 0 saturated carbocycles. The lowest BCUT2D eigenvalue weighted by Gasteiger charge is -2.24. The van der Waals surface area contributed by atoms with Gasteiger partial charge in [-0.2, -0.15) is 0 Å². The van der Waals surface area contributed by atoms with Crippen molar-refractivity contribution in [1.29, 1.82) is 0 Å². The number of rotatable bonds is 6. The summed E-state index contributed by atoms with van der Waals surface area (Å²) in [7, 11) is 0. The highest BCUT2D eigenvalue weighted by molar-refractivity contribution is 9.10. The number of amides is 1. The van der Waals surface area contributed by atoms with E-state index in [-0.39, 0.29) is 18.0 Å². The van der Waals surface area contributed by atoms with Gasteiger partial charge in [0, 0.05) is 32.7 Å². The van der Waals surface area contributed by atoms with E-state index >= 15 is 0 Å². The fourth-order valence-electron chi connectivity index (χ4n) is 3.50. The van der Waals surface area contributed by atoms with Gasteiger partial charge in [-0.1, -0.05) is 34.1 Å². The number of carbonyl (C=O) groups excluding carboxylic acids is 1. The van der Waals surface area contributed by atoms with Crippen LogP contribution in [0.1, 0.15) is 22.8 Å². The second-order valence-corrected chi connectivity index (χ2v) is 7.95. The summed E-state index contributed by atoms with van der Waals surface area (Å²) in [6, 6.07) is 23.8. The zero-order valence-corrected chi connectivity index (χ0v) is 18.6. The molecule has 1 amide bonds. The summed E-state index contributed by atoms with van der Waals surface area (Å²) in [5.41, 5.74) is 2.61. The molecule has 0 aliphatic carbocycles. The van der Waals surface area contributed by atoms with E-state index in [2.05, 4.69) is 20.9 Å². The molecule has 5 nitrogen and oxygen atoms in total. The predicted octanol–water partition coefficient (Wildman–Crippen LogP) is 5.54. The summed E-state index contributed by atoms with van der Waals surface area (Å²) in [6.07, 6.45) is 0. The molecule has 0 saturated heterocycles. The number of ether oxygens (including phenoxy) is 1. The van der Waals surface area contributed by atoms with Gasteiger partial charge >= 0.3 is 0 Å². The van der Waals surface area contributed by atoms with Gasteiger partial charge < -0.3 is 14.6 Å². The minimum atomic E-state index is -0.198. The van der Waals surface area contributed by atoms with Crippen LogP contribution in [0.4, 0.5) is 5.69 Å². The number of aromatic amines is 1. The van der Waals surface area contributed by atoms with Crippen LogP contribution < -0.4 is 15.2 Å². The van der Waals surface area contributed by atoms with Crippen LogP contribution in [-0.4, -0.2) is 17.5 Å². The van der Waals surface area contributed by atoms with Crippen LogP contribution >= 0.6 is 15.9 Å². The third-order valence-electron chi connectivity index (χ3n) is 4.96. The number of para-hydroxylation sites is 1. The fraction of sp³-hybridized carbons (Fsp3) is 0.120. The monoisotopic (exact) mass is 476 g/mol. The zero-order chi connectivity index (χ0) is 21.8. The van der Waals surface area contributed by atoms with Crippen molar-refractivity contribution in [3.63, 3.8) is 0 Å². The lowest BCUT2D eigenvalue weighted by molar-refractivity contribution is 0.0985. The number of anilines is 1. The van der Waals surface area contributed by atoms with Gasteiger partial charge in [-0.3, -0.25) is 9.59 Å². The molecular formula is C25H21BrN2O3. The molecule has 0 aliphatic heterocycles. The number of aromatic nitrogens is 1. The second kappa shape index (κ2) is 9.18. The summed E-state index contributed by atoms with van der Waals surface area (Å²) >= 11 is 3.41. The van der Waals surface area contributed by atoms with Crippen LogP contribution in [0, 0.1) is 0 Å². The molecule has 0 radical (unpaired) electrons. The molecule has 31 heavy (non-hydrogen) atoms. The summed E-state index contributed by atoms with van der Waals surface area (Å²) in [5, 5.41) is 0.904. The van der Waals surface area contributed by atoms with Crippen LogP contribution in [0.15, 0.2) is 88.1 Å². The van der Waals surface area contributed by atoms with Crippen molar-refractivity contribution in [2.75, 3.05) is 11.5 Å². The highest BCUT2D eigenvalue weighted by Gasteiger charge is 2.20. The largest absolute Gasteiger partial charge is 0.494 e. The Morgan fingerprint density at radius 3 is 2.42 bits per heavy atom. The highest BCUT2D eigenvalue weighted by Crippen LogP contribution is 2.26. The minimum Gasteiger partial charge on any atom is -0.494 e. The minimum absolute atomic E-state index is 0.152. The van der Waals surface area contributed by atoms with Gasteiger partial charge in [-0.15, -0.1) is 0 Å². The molecule has 4 aromatic rings. The number of pyridine rings is 1. The van der Waals surface area contributed by atoms with Gasteiger partial charge in [0.15, 0.2) is 0 Å². The lowest BCUT2D eigenvalue weighted by atomic mass is 10.1. The number of hydrogen-bond acceptors (Lipinski definition) is 3. The van der Waals surface area contributed by atoms with Gasteiger partial charge in [0.05, 0.1) is 13.2 Å². The van der Waals surface area contributed by atoms with Crippen molar-refractivity contribution >= 4 is 38.4 Å². The molecule has 6 heteroatoms. The maximum Gasteiger partial charge on any atom is 0.258 e. The van der Waals surface area contributed by atoms with Crippen LogP contribution in [0.25, 0.3) is 10.9 Å². The first-order chi connectivity index (χ1) is 15.0. The number of halogens is 1. The van der Waals surface area contributed by atoms with E-state index in [9.17, 15) is 9.59 Å².